The summed E-state index contributed by atoms with van der Waals surface area (Å²) >= 11 is 2.42. The molecular formula is C23H35Cl3SiTi. The van der Waals surface area contributed by atoms with Crippen LogP contribution in [0.25, 0.3) is 0 Å². The molecule has 156 valence electrons. The molecule has 1 aliphatic rings. The Morgan fingerprint density at radius 2 is 1.25 bits per heavy atom. The van der Waals surface area contributed by atoms with Crippen LogP contribution in [0.2, 0.25) is 17.1 Å². The molecule has 1 aromatic rings. The van der Waals surface area contributed by atoms with Gasteiger partial charge in [0.05, 0.1) is 0 Å². The molecule has 0 heterocycles. The Bertz CT molecular complexity index is 659. The Morgan fingerprint density at radius 1 is 0.821 bits per heavy atom. The Hall–Kier alpha value is 0.501. The number of allylic oxidation sites excluding steroid dienone is 4. The number of hydrogen-bond acceptors (Lipinski definition) is 0. The van der Waals surface area contributed by atoms with Crippen molar-refractivity contribution in [2.24, 2.45) is 11.8 Å². The summed E-state index contributed by atoms with van der Waals surface area (Å²) in [7, 11) is -1.81. The smallest absolute Gasteiger partial charge is 1.00 e. The van der Waals surface area contributed by atoms with E-state index < -0.39 is 8.07 Å². The first-order valence-corrected chi connectivity index (χ1v) is 12.9. The topological polar surface area (TPSA) is 0 Å². The maximum absolute atomic E-state index is 2.58. The fraction of sp³-hybridized carbons (Fsp3) is 0.565. The van der Waals surface area contributed by atoms with Crippen LogP contribution in [0.4, 0.5) is 0 Å². The molecule has 1 aromatic carbocycles. The summed E-state index contributed by atoms with van der Waals surface area (Å²) in [5.74, 6) is 1.45. The molecule has 0 fully saturated rings. The van der Waals surface area contributed by atoms with Gasteiger partial charge in [-0.25, -0.2) is 0 Å². The normalized spacial score (nSPS) is 19.6. The predicted octanol–water partition coefficient (Wildman–Crippen LogP) is -2.40. The van der Waals surface area contributed by atoms with Gasteiger partial charge in [-0.15, -0.1) is 0 Å². The van der Waals surface area contributed by atoms with Gasteiger partial charge in [-0.05, 0) is 0 Å². The van der Waals surface area contributed by atoms with Crippen LogP contribution in [0.1, 0.15) is 55.4 Å². The van der Waals surface area contributed by atoms with Gasteiger partial charge in [0.2, 0.25) is 0 Å². The first-order chi connectivity index (χ1) is 11.6. The van der Waals surface area contributed by atoms with E-state index in [9.17, 15) is 0 Å². The largest absolute Gasteiger partial charge is 1.00 e. The number of rotatable bonds is 6. The Balaban J connectivity index is 0. The Morgan fingerprint density at radius 3 is 1.57 bits per heavy atom. The SMILES string of the molecule is CC1=C(C)C(C)([Si](CC(C)C)(CC(C)C)c2ccccc2)[C]([Ti+3])=C1C.[Cl-].[Cl-].[Cl-]. The van der Waals surface area contributed by atoms with Gasteiger partial charge in [0.25, 0.3) is 0 Å². The molecule has 5 heteroatoms. The molecule has 0 aromatic heterocycles. The molecule has 0 spiro atoms. The van der Waals surface area contributed by atoms with Crippen LogP contribution in [0, 0.1) is 11.8 Å². The minimum Gasteiger partial charge on any atom is -1.00 e. The van der Waals surface area contributed by atoms with Crippen molar-refractivity contribution in [3.63, 3.8) is 0 Å². The van der Waals surface area contributed by atoms with Gasteiger partial charge in [-0.2, -0.15) is 0 Å². The van der Waals surface area contributed by atoms with Crippen LogP contribution in [-0.2, 0) is 20.4 Å². The van der Waals surface area contributed by atoms with Gasteiger partial charge in [0.15, 0.2) is 0 Å². The molecule has 28 heavy (non-hydrogen) atoms. The van der Waals surface area contributed by atoms with Crippen LogP contribution in [-0.4, -0.2) is 8.07 Å². The summed E-state index contributed by atoms with van der Waals surface area (Å²) < 4.78 is 1.64. The molecule has 0 saturated carbocycles. The second-order valence-electron chi connectivity index (χ2n) is 9.02. The molecule has 0 bridgehead atoms. The van der Waals surface area contributed by atoms with Gasteiger partial charge in [0, 0.05) is 0 Å². The summed E-state index contributed by atoms with van der Waals surface area (Å²) in [6.45, 7) is 19.4. The maximum atomic E-state index is 2.58. The molecule has 0 saturated heterocycles. The van der Waals surface area contributed by atoms with Crippen molar-refractivity contribution in [2.45, 2.75) is 72.5 Å². The fourth-order valence-electron chi connectivity index (χ4n) is 5.17. The van der Waals surface area contributed by atoms with E-state index in [4.69, 9.17) is 0 Å². The molecule has 1 unspecified atom stereocenters. The third-order valence-electron chi connectivity index (χ3n) is 6.55. The van der Waals surface area contributed by atoms with Crippen molar-refractivity contribution >= 4 is 13.3 Å². The Kier molecular flexibility index (Phi) is 12.9. The van der Waals surface area contributed by atoms with Crippen LogP contribution < -0.4 is 42.4 Å². The fourth-order valence-corrected chi connectivity index (χ4v) is 14.1. The summed E-state index contributed by atoms with van der Waals surface area (Å²) in [5.41, 5.74) is 4.72. The van der Waals surface area contributed by atoms with Crippen molar-refractivity contribution in [2.75, 3.05) is 0 Å². The molecule has 1 atom stereocenters. The van der Waals surface area contributed by atoms with Crippen LogP contribution in [0.5, 0.6) is 0 Å². The van der Waals surface area contributed by atoms with E-state index in [1.165, 1.54) is 12.1 Å². The zero-order chi connectivity index (χ0) is 19.0. The maximum Gasteiger partial charge on any atom is -1.00 e. The van der Waals surface area contributed by atoms with E-state index in [0.29, 0.717) is 0 Å². The van der Waals surface area contributed by atoms with E-state index in [-0.39, 0.29) is 42.3 Å². The summed E-state index contributed by atoms with van der Waals surface area (Å²) in [5, 5.41) is 1.89. The molecular weight excluding hydrogens is 459 g/mol. The Labute approximate surface area is 205 Å². The summed E-state index contributed by atoms with van der Waals surface area (Å²) in [6, 6.07) is 14.3. The second-order valence-corrected chi connectivity index (χ2v) is 14.4. The van der Waals surface area contributed by atoms with Gasteiger partial charge < -0.3 is 37.2 Å². The molecule has 2 rings (SSSR count). The molecule has 0 nitrogen and oxygen atoms in total. The van der Waals surface area contributed by atoms with E-state index in [2.05, 4.69) is 106 Å². The predicted molar refractivity (Wildman–Crippen MR) is 111 cm³/mol. The van der Waals surface area contributed by atoms with Crippen molar-refractivity contribution in [1.29, 1.82) is 0 Å². The van der Waals surface area contributed by atoms with Crippen molar-refractivity contribution in [3.05, 3.63) is 50.9 Å². The monoisotopic (exact) mass is 492 g/mol. The standard InChI is InChI=1S/C23H35Si.3ClH.Ti/c1-17(2)15-24(16-18(3)4,22-12-10-9-11-13-22)23(8)14-19(5)20(6)21(23)7;;;;/h9-13,17-18H,15-16H2,1-8H3;3*1H;/q;;;;+3/p-3. The van der Waals surface area contributed by atoms with E-state index in [1.54, 1.807) is 25.8 Å². The third-order valence-corrected chi connectivity index (χ3v) is 15.3. The van der Waals surface area contributed by atoms with Crippen LogP contribution in [0.15, 0.2) is 50.9 Å². The number of benzene rings is 1. The minimum absolute atomic E-state index is 0. The minimum atomic E-state index is -1.81. The van der Waals surface area contributed by atoms with E-state index in [1.807, 2.05) is 0 Å². The number of halogens is 3. The van der Waals surface area contributed by atoms with Crippen LogP contribution >= 0.6 is 0 Å². The molecule has 0 N–H and O–H groups in total. The van der Waals surface area contributed by atoms with Gasteiger partial charge in [-0.3, -0.25) is 0 Å². The van der Waals surface area contributed by atoms with Gasteiger partial charge >= 0.3 is 169 Å². The van der Waals surface area contributed by atoms with E-state index in [0.717, 1.165) is 11.8 Å². The van der Waals surface area contributed by atoms with Gasteiger partial charge in [0.1, 0.15) is 0 Å². The average molecular weight is 494 g/mol. The summed E-state index contributed by atoms with van der Waals surface area (Å²) in [6.07, 6.45) is 0. The van der Waals surface area contributed by atoms with Crippen molar-refractivity contribution < 1.29 is 57.7 Å². The number of hydrogen-bond donors (Lipinski definition) is 0. The second kappa shape index (κ2) is 11.8. The third kappa shape index (κ3) is 5.21. The van der Waals surface area contributed by atoms with Crippen LogP contribution in [0.3, 0.4) is 0 Å². The first-order valence-electron chi connectivity index (χ1n) is 9.74. The van der Waals surface area contributed by atoms with Crippen molar-refractivity contribution in [1.82, 2.24) is 0 Å². The molecule has 0 radical (unpaired) electrons. The molecule has 0 amide bonds. The summed E-state index contributed by atoms with van der Waals surface area (Å²) in [4.78, 5) is 0. The quantitative estimate of drug-likeness (QED) is 0.388. The van der Waals surface area contributed by atoms with Crippen molar-refractivity contribution in [3.8, 4) is 0 Å². The molecule has 1 aliphatic carbocycles. The zero-order valence-electron chi connectivity index (χ0n) is 18.6. The zero-order valence-corrected chi connectivity index (χ0v) is 23.4. The molecule has 0 aliphatic heterocycles. The van der Waals surface area contributed by atoms with Gasteiger partial charge in [-0.1, -0.05) is 0 Å². The van der Waals surface area contributed by atoms with E-state index >= 15 is 0 Å². The average Bonchev–Trinajstić information content (AvgIpc) is 2.70. The first kappa shape index (κ1) is 30.7.